The first-order chi connectivity index (χ1) is 9.51. The summed E-state index contributed by atoms with van der Waals surface area (Å²) in [5, 5.41) is 2.86. The molecular formula is C15H15BrN2O2. The lowest BCUT2D eigenvalue weighted by Crippen LogP contribution is -2.14. The van der Waals surface area contributed by atoms with E-state index in [1.807, 2.05) is 13.0 Å². The Morgan fingerprint density at radius 1 is 1.25 bits per heavy atom. The van der Waals surface area contributed by atoms with Crippen LogP contribution >= 0.6 is 15.9 Å². The minimum atomic E-state index is -0.220. The third kappa shape index (κ3) is 3.11. The zero-order valence-corrected chi connectivity index (χ0v) is 12.8. The maximum atomic E-state index is 12.3. The Morgan fingerprint density at radius 3 is 2.65 bits per heavy atom. The lowest BCUT2D eigenvalue weighted by molar-refractivity contribution is 0.102. The standard InChI is InChI=1S/C15H15BrN2O2/c1-9-7-11(17)4-6-13(9)18-15(19)12-5-3-10(16)8-14(12)20-2/h3-8H,17H2,1-2H3,(H,18,19). The Balaban J connectivity index is 2.28. The minimum Gasteiger partial charge on any atom is -0.496 e. The summed E-state index contributed by atoms with van der Waals surface area (Å²) in [6, 6.07) is 10.6. The molecule has 0 aliphatic carbocycles. The first-order valence-corrected chi connectivity index (χ1v) is 6.81. The molecule has 5 heteroatoms. The molecule has 0 spiro atoms. The molecule has 0 atom stereocenters. The Labute approximate surface area is 126 Å². The van der Waals surface area contributed by atoms with Crippen LogP contribution in [0.1, 0.15) is 15.9 Å². The van der Waals surface area contributed by atoms with Crippen LogP contribution in [0.4, 0.5) is 11.4 Å². The van der Waals surface area contributed by atoms with Gasteiger partial charge in [-0.2, -0.15) is 0 Å². The molecule has 0 radical (unpaired) electrons. The van der Waals surface area contributed by atoms with Gasteiger partial charge < -0.3 is 15.8 Å². The summed E-state index contributed by atoms with van der Waals surface area (Å²) < 4.78 is 6.08. The number of hydrogen-bond donors (Lipinski definition) is 2. The average molecular weight is 335 g/mol. The van der Waals surface area contributed by atoms with E-state index in [0.717, 1.165) is 15.7 Å². The zero-order chi connectivity index (χ0) is 14.7. The highest BCUT2D eigenvalue weighted by Crippen LogP contribution is 2.25. The van der Waals surface area contributed by atoms with Crippen molar-refractivity contribution in [2.75, 3.05) is 18.2 Å². The molecule has 0 bridgehead atoms. The van der Waals surface area contributed by atoms with E-state index < -0.39 is 0 Å². The van der Waals surface area contributed by atoms with Crippen molar-refractivity contribution in [3.05, 3.63) is 52.0 Å². The van der Waals surface area contributed by atoms with Crippen molar-refractivity contribution in [2.24, 2.45) is 0 Å². The van der Waals surface area contributed by atoms with Gasteiger partial charge in [0.15, 0.2) is 0 Å². The van der Waals surface area contributed by atoms with Crippen molar-refractivity contribution in [3.63, 3.8) is 0 Å². The largest absolute Gasteiger partial charge is 0.496 e. The van der Waals surface area contributed by atoms with Gasteiger partial charge in [0, 0.05) is 15.8 Å². The number of benzene rings is 2. The van der Waals surface area contributed by atoms with Crippen LogP contribution in [0.15, 0.2) is 40.9 Å². The molecule has 0 aromatic heterocycles. The van der Waals surface area contributed by atoms with E-state index in [1.165, 1.54) is 7.11 Å². The van der Waals surface area contributed by atoms with Crippen LogP contribution in [0.25, 0.3) is 0 Å². The number of aryl methyl sites for hydroxylation is 1. The predicted octanol–water partition coefficient (Wildman–Crippen LogP) is 3.60. The van der Waals surface area contributed by atoms with Gasteiger partial charge in [-0.05, 0) is 48.9 Å². The van der Waals surface area contributed by atoms with Crippen LogP contribution in [0.3, 0.4) is 0 Å². The molecule has 104 valence electrons. The third-order valence-electron chi connectivity index (χ3n) is 2.91. The maximum Gasteiger partial charge on any atom is 0.259 e. The molecule has 1 amide bonds. The first kappa shape index (κ1) is 14.4. The van der Waals surface area contributed by atoms with E-state index in [2.05, 4.69) is 21.2 Å². The molecule has 20 heavy (non-hydrogen) atoms. The summed E-state index contributed by atoms with van der Waals surface area (Å²) in [4.78, 5) is 12.3. The topological polar surface area (TPSA) is 64.3 Å². The summed E-state index contributed by atoms with van der Waals surface area (Å²) in [5.41, 5.74) is 8.48. The van der Waals surface area contributed by atoms with E-state index >= 15 is 0 Å². The second-order valence-electron chi connectivity index (χ2n) is 4.37. The van der Waals surface area contributed by atoms with E-state index in [0.29, 0.717) is 17.0 Å². The Morgan fingerprint density at radius 2 is 2.00 bits per heavy atom. The minimum absolute atomic E-state index is 0.220. The van der Waals surface area contributed by atoms with Crippen molar-refractivity contribution >= 4 is 33.2 Å². The lowest BCUT2D eigenvalue weighted by Gasteiger charge is -2.11. The number of nitrogens with one attached hydrogen (secondary N) is 1. The van der Waals surface area contributed by atoms with Gasteiger partial charge in [0.25, 0.3) is 5.91 Å². The summed E-state index contributed by atoms with van der Waals surface area (Å²) in [6.07, 6.45) is 0. The Bertz CT molecular complexity index is 656. The highest BCUT2D eigenvalue weighted by Gasteiger charge is 2.13. The lowest BCUT2D eigenvalue weighted by atomic mass is 10.1. The highest BCUT2D eigenvalue weighted by molar-refractivity contribution is 9.10. The van der Waals surface area contributed by atoms with Crippen LogP contribution < -0.4 is 15.8 Å². The molecule has 0 unspecified atom stereocenters. The maximum absolute atomic E-state index is 12.3. The highest BCUT2D eigenvalue weighted by atomic mass is 79.9. The number of carbonyl (C=O) groups is 1. The monoisotopic (exact) mass is 334 g/mol. The molecule has 2 aromatic carbocycles. The van der Waals surface area contributed by atoms with Crippen molar-refractivity contribution < 1.29 is 9.53 Å². The van der Waals surface area contributed by atoms with Gasteiger partial charge in [-0.25, -0.2) is 0 Å². The van der Waals surface area contributed by atoms with Gasteiger partial charge in [0.2, 0.25) is 0 Å². The number of methoxy groups -OCH3 is 1. The average Bonchev–Trinajstić information content (AvgIpc) is 2.41. The van der Waals surface area contributed by atoms with Crippen molar-refractivity contribution in [1.82, 2.24) is 0 Å². The van der Waals surface area contributed by atoms with Crippen LogP contribution in [0.5, 0.6) is 5.75 Å². The molecule has 4 nitrogen and oxygen atoms in total. The summed E-state index contributed by atoms with van der Waals surface area (Å²) in [7, 11) is 1.53. The number of anilines is 2. The molecule has 0 saturated heterocycles. The van der Waals surface area contributed by atoms with E-state index in [4.69, 9.17) is 10.5 Å². The van der Waals surface area contributed by atoms with E-state index in [9.17, 15) is 4.79 Å². The zero-order valence-electron chi connectivity index (χ0n) is 11.2. The first-order valence-electron chi connectivity index (χ1n) is 6.02. The molecule has 2 aromatic rings. The molecule has 2 rings (SSSR count). The number of halogens is 1. The Kier molecular flexibility index (Phi) is 4.29. The number of rotatable bonds is 3. The number of hydrogen-bond acceptors (Lipinski definition) is 3. The molecule has 0 aliphatic rings. The molecule has 0 fully saturated rings. The van der Waals surface area contributed by atoms with Crippen LogP contribution in [0.2, 0.25) is 0 Å². The summed E-state index contributed by atoms with van der Waals surface area (Å²) >= 11 is 3.35. The number of ether oxygens (including phenoxy) is 1. The second-order valence-corrected chi connectivity index (χ2v) is 5.29. The SMILES string of the molecule is COc1cc(Br)ccc1C(=O)Nc1ccc(N)cc1C. The normalized spacial score (nSPS) is 10.2. The Hall–Kier alpha value is -2.01. The van der Waals surface area contributed by atoms with Gasteiger partial charge in [0.05, 0.1) is 12.7 Å². The second kappa shape index (κ2) is 5.96. The number of amides is 1. The van der Waals surface area contributed by atoms with Gasteiger partial charge in [-0.15, -0.1) is 0 Å². The molecule has 0 heterocycles. The van der Waals surface area contributed by atoms with Gasteiger partial charge >= 0.3 is 0 Å². The fourth-order valence-electron chi connectivity index (χ4n) is 1.87. The number of nitrogen functional groups attached to an aromatic ring is 1. The smallest absolute Gasteiger partial charge is 0.259 e. The third-order valence-corrected chi connectivity index (χ3v) is 3.40. The van der Waals surface area contributed by atoms with Crippen molar-refractivity contribution in [1.29, 1.82) is 0 Å². The molecule has 3 N–H and O–H groups in total. The molecular weight excluding hydrogens is 320 g/mol. The van der Waals surface area contributed by atoms with Gasteiger partial charge in [0.1, 0.15) is 5.75 Å². The van der Waals surface area contributed by atoms with Gasteiger partial charge in [-0.3, -0.25) is 4.79 Å². The van der Waals surface area contributed by atoms with Crippen LogP contribution in [-0.4, -0.2) is 13.0 Å². The fourth-order valence-corrected chi connectivity index (χ4v) is 2.21. The van der Waals surface area contributed by atoms with E-state index in [-0.39, 0.29) is 5.91 Å². The van der Waals surface area contributed by atoms with Crippen LogP contribution in [-0.2, 0) is 0 Å². The van der Waals surface area contributed by atoms with E-state index in [1.54, 1.807) is 30.3 Å². The number of nitrogens with two attached hydrogens (primary N) is 1. The fraction of sp³-hybridized carbons (Fsp3) is 0.133. The molecule has 0 aliphatic heterocycles. The molecule has 0 saturated carbocycles. The predicted molar refractivity (Wildman–Crippen MR) is 84.2 cm³/mol. The quantitative estimate of drug-likeness (QED) is 0.843. The van der Waals surface area contributed by atoms with Crippen LogP contribution in [0, 0.1) is 6.92 Å². The van der Waals surface area contributed by atoms with Gasteiger partial charge in [-0.1, -0.05) is 15.9 Å². The summed E-state index contributed by atoms with van der Waals surface area (Å²) in [5.74, 6) is 0.298. The van der Waals surface area contributed by atoms with Crippen molar-refractivity contribution in [3.8, 4) is 5.75 Å². The summed E-state index contributed by atoms with van der Waals surface area (Å²) in [6.45, 7) is 1.89. The van der Waals surface area contributed by atoms with Crippen molar-refractivity contribution in [2.45, 2.75) is 6.92 Å². The number of carbonyl (C=O) groups excluding carboxylic acids is 1.